The number of ether oxygens (including phenoxy) is 1. The molecule has 0 saturated heterocycles. The van der Waals surface area contributed by atoms with Crippen molar-refractivity contribution in [3.8, 4) is 11.8 Å². The minimum Gasteiger partial charge on any atom is -0.392 e. The van der Waals surface area contributed by atoms with Crippen molar-refractivity contribution in [2.75, 3.05) is 6.61 Å². The average Bonchev–Trinajstić information content (AvgIpc) is 2.65. The monoisotopic (exact) mass is 344 g/mol. The van der Waals surface area contributed by atoms with Gasteiger partial charge in [0.15, 0.2) is 0 Å². The van der Waals surface area contributed by atoms with Gasteiger partial charge in [-0.25, -0.2) is 0 Å². The Balaban J connectivity index is 1.87. The molecule has 0 aliphatic rings. The molecule has 0 atom stereocenters. The molecule has 0 radical (unpaired) electrons. The third-order valence-corrected chi connectivity index (χ3v) is 4.43. The highest BCUT2D eigenvalue weighted by Gasteiger charge is 1.94. The topological polar surface area (TPSA) is 29.5 Å². The Morgan fingerprint density at radius 1 is 0.760 bits per heavy atom. The third kappa shape index (κ3) is 12.7. The molecule has 25 heavy (non-hydrogen) atoms. The van der Waals surface area contributed by atoms with Crippen LogP contribution < -0.4 is 0 Å². The van der Waals surface area contributed by atoms with Crippen molar-refractivity contribution in [1.82, 2.24) is 0 Å². The SMILES string of the molecule is CCCCCCCCCCCCC#CCOCc1ccc(CO)cc1. The van der Waals surface area contributed by atoms with Crippen molar-refractivity contribution < 1.29 is 9.84 Å². The van der Waals surface area contributed by atoms with Crippen LogP contribution >= 0.6 is 0 Å². The maximum Gasteiger partial charge on any atom is 0.108 e. The van der Waals surface area contributed by atoms with Crippen LogP contribution in [0.2, 0.25) is 0 Å². The zero-order valence-corrected chi connectivity index (χ0v) is 16.1. The second-order valence-corrected chi connectivity index (χ2v) is 6.75. The summed E-state index contributed by atoms with van der Waals surface area (Å²) in [6.45, 7) is 3.44. The molecule has 2 heteroatoms. The first-order valence-corrected chi connectivity index (χ1v) is 10.1. The van der Waals surface area contributed by atoms with Gasteiger partial charge in [-0.3, -0.25) is 0 Å². The molecule has 0 aromatic heterocycles. The van der Waals surface area contributed by atoms with E-state index in [4.69, 9.17) is 9.84 Å². The standard InChI is InChI=1S/C23H36O2/c1-2-3-4-5-6-7-8-9-10-11-12-13-14-19-25-21-23-17-15-22(20-24)16-18-23/h15-18,24H,2-12,19-21H2,1H3. The van der Waals surface area contributed by atoms with Gasteiger partial charge in [0, 0.05) is 6.42 Å². The first kappa shape index (κ1) is 21.7. The van der Waals surface area contributed by atoms with Gasteiger partial charge in [-0.05, 0) is 17.5 Å². The molecule has 0 aliphatic heterocycles. The summed E-state index contributed by atoms with van der Waals surface area (Å²) in [6.07, 6.45) is 14.7. The lowest BCUT2D eigenvalue weighted by Crippen LogP contribution is -1.93. The molecule has 0 amide bonds. The van der Waals surface area contributed by atoms with Crippen LogP contribution in [0.15, 0.2) is 24.3 Å². The van der Waals surface area contributed by atoms with E-state index in [0.29, 0.717) is 13.2 Å². The molecular formula is C23H36O2. The highest BCUT2D eigenvalue weighted by Crippen LogP contribution is 2.11. The van der Waals surface area contributed by atoms with Gasteiger partial charge in [-0.2, -0.15) is 0 Å². The van der Waals surface area contributed by atoms with E-state index in [1.165, 1.54) is 64.2 Å². The van der Waals surface area contributed by atoms with Crippen LogP contribution in [-0.4, -0.2) is 11.7 Å². The minimum absolute atomic E-state index is 0.0889. The fourth-order valence-corrected chi connectivity index (χ4v) is 2.80. The number of aliphatic hydroxyl groups is 1. The Morgan fingerprint density at radius 2 is 1.32 bits per heavy atom. The van der Waals surface area contributed by atoms with E-state index in [1.807, 2.05) is 24.3 Å². The smallest absolute Gasteiger partial charge is 0.108 e. The lowest BCUT2D eigenvalue weighted by Gasteiger charge is -2.02. The summed E-state index contributed by atoms with van der Waals surface area (Å²) in [4.78, 5) is 0. The molecule has 1 rings (SSSR count). The van der Waals surface area contributed by atoms with Crippen LogP contribution in [0.3, 0.4) is 0 Å². The van der Waals surface area contributed by atoms with Crippen molar-refractivity contribution in [2.45, 2.75) is 90.8 Å². The molecule has 140 valence electrons. The maximum absolute atomic E-state index is 9.00. The molecule has 0 bridgehead atoms. The predicted octanol–water partition coefficient (Wildman–Crippen LogP) is 6.01. The molecule has 2 nitrogen and oxygen atoms in total. The summed E-state index contributed by atoms with van der Waals surface area (Å²) in [5, 5.41) is 9.00. The molecule has 0 spiro atoms. The van der Waals surface area contributed by atoms with Crippen LogP contribution in [0.4, 0.5) is 0 Å². The Hall–Kier alpha value is -1.30. The molecule has 1 aromatic rings. The summed E-state index contributed by atoms with van der Waals surface area (Å²) in [5.74, 6) is 6.30. The summed E-state index contributed by atoms with van der Waals surface area (Å²) in [6, 6.07) is 7.83. The quantitative estimate of drug-likeness (QED) is 0.331. The fraction of sp³-hybridized carbons (Fsp3) is 0.652. The van der Waals surface area contributed by atoms with Gasteiger partial charge in [0.25, 0.3) is 0 Å². The van der Waals surface area contributed by atoms with Crippen LogP contribution in [0.5, 0.6) is 0 Å². The third-order valence-electron chi connectivity index (χ3n) is 4.43. The number of unbranched alkanes of at least 4 members (excludes halogenated alkanes) is 10. The van der Waals surface area contributed by atoms with E-state index in [2.05, 4.69) is 18.8 Å². The van der Waals surface area contributed by atoms with Crippen LogP contribution in [-0.2, 0) is 18.0 Å². The Kier molecular flexibility index (Phi) is 14.1. The zero-order chi connectivity index (χ0) is 18.0. The maximum atomic E-state index is 9.00. The lowest BCUT2D eigenvalue weighted by molar-refractivity contribution is 0.153. The minimum atomic E-state index is 0.0889. The van der Waals surface area contributed by atoms with Gasteiger partial charge < -0.3 is 9.84 Å². The number of hydrogen-bond donors (Lipinski definition) is 1. The molecule has 0 fully saturated rings. The van der Waals surface area contributed by atoms with Crippen LogP contribution in [0, 0.1) is 11.8 Å². The van der Waals surface area contributed by atoms with E-state index in [0.717, 1.165) is 17.5 Å². The normalized spacial score (nSPS) is 10.5. The molecular weight excluding hydrogens is 308 g/mol. The van der Waals surface area contributed by atoms with Crippen LogP contribution in [0.1, 0.15) is 88.7 Å². The Morgan fingerprint density at radius 3 is 1.92 bits per heavy atom. The van der Waals surface area contributed by atoms with Crippen molar-refractivity contribution in [3.05, 3.63) is 35.4 Å². The van der Waals surface area contributed by atoms with Gasteiger partial charge in [-0.1, -0.05) is 94.9 Å². The second-order valence-electron chi connectivity index (χ2n) is 6.75. The largest absolute Gasteiger partial charge is 0.392 e. The summed E-state index contributed by atoms with van der Waals surface area (Å²) >= 11 is 0. The molecule has 0 saturated carbocycles. The first-order chi connectivity index (χ1) is 12.4. The number of rotatable bonds is 14. The highest BCUT2D eigenvalue weighted by molar-refractivity contribution is 5.21. The van der Waals surface area contributed by atoms with Crippen molar-refractivity contribution in [1.29, 1.82) is 0 Å². The molecule has 0 unspecified atom stereocenters. The van der Waals surface area contributed by atoms with Crippen molar-refractivity contribution >= 4 is 0 Å². The van der Waals surface area contributed by atoms with Gasteiger partial charge in [0.1, 0.15) is 6.61 Å². The average molecular weight is 345 g/mol. The van der Waals surface area contributed by atoms with Gasteiger partial charge in [0.2, 0.25) is 0 Å². The molecule has 0 heterocycles. The van der Waals surface area contributed by atoms with Crippen molar-refractivity contribution in [2.24, 2.45) is 0 Å². The Labute approximate surface area is 155 Å². The van der Waals surface area contributed by atoms with E-state index in [9.17, 15) is 0 Å². The molecule has 0 aliphatic carbocycles. The lowest BCUT2D eigenvalue weighted by atomic mass is 10.1. The number of benzene rings is 1. The van der Waals surface area contributed by atoms with Gasteiger partial charge in [0.05, 0.1) is 13.2 Å². The van der Waals surface area contributed by atoms with E-state index >= 15 is 0 Å². The zero-order valence-electron chi connectivity index (χ0n) is 16.1. The van der Waals surface area contributed by atoms with Gasteiger partial charge >= 0.3 is 0 Å². The highest BCUT2D eigenvalue weighted by atomic mass is 16.5. The van der Waals surface area contributed by atoms with Crippen molar-refractivity contribution in [3.63, 3.8) is 0 Å². The van der Waals surface area contributed by atoms with E-state index in [-0.39, 0.29) is 6.61 Å². The number of hydrogen-bond acceptors (Lipinski definition) is 2. The molecule has 1 N–H and O–H groups in total. The van der Waals surface area contributed by atoms with E-state index < -0.39 is 0 Å². The predicted molar refractivity (Wildman–Crippen MR) is 106 cm³/mol. The fourth-order valence-electron chi connectivity index (χ4n) is 2.80. The number of aliphatic hydroxyl groups excluding tert-OH is 1. The second kappa shape index (κ2) is 16.2. The van der Waals surface area contributed by atoms with Gasteiger partial charge in [-0.15, -0.1) is 5.92 Å². The molecule has 1 aromatic carbocycles. The first-order valence-electron chi connectivity index (χ1n) is 10.1. The summed E-state index contributed by atoms with van der Waals surface area (Å²) < 4.78 is 5.56. The Bertz CT molecular complexity index is 467. The van der Waals surface area contributed by atoms with E-state index in [1.54, 1.807) is 0 Å². The summed E-state index contributed by atoms with van der Waals surface area (Å²) in [7, 11) is 0. The summed E-state index contributed by atoms with van der Waals surface area (Å²) in [5.41, 5.74) is 2.05. The van der Waals surface area contributed by atoms with Crippen LogP contribution in [0.25, 0.3) is 0 Å².